The topological polar surface area (TPSA) is 71.1 Å². The number of hydrogen-bond acceptors (Lipinski definition) is 5. The molecule has 158 valence electrons. The van der Waals surface area contributed by atoms with Crippen molar-refractivity contribution in [2.24, 2.45) is 0 Å². The van der Waals surface area contributed by atoms with Gasteiger partial charge in [-0.2, -0.15) is 0 Å². The van der Waals surface area contributed by atoms with Crippen molar-refractivity contribution in [2.45, 2.75) is 43.2 Å². The summed E-state index contributed by atoms with van der Waals surface area (Å²) in [4.78, 5) is 6.52. The highest BCUT2D eigenvalue weighted by molar-refractivity contribution is 9.10. The van der Waals surface area contributed by atoms with E-state index in [1.165, 1.54) is 17.6 Å². The van der Waals surface area contributed by atoms with E-state index < -0.39 is 10.0 Å². The quantitative estimate of drug-likeness (QED) is 0.482. The Labute approximate surface area is 190 Å². The first-order valence-electron chi connectivity index (χ1n) is 9.92. The number of halogens is 1. The molecule has 2 N–H and O–H groups in total. The minimum atomic E-state index is -3.41. The standard InChI is InChI=1S/C22H24BrN3O2S2/c1-14(15-8-12-18(13-9-15)30(27,28)24-2)25-19-4-3-5-20-21(19)29-22(26-20)16-6-10-17(23)11-7-16/h6-14,19,24-25H,3-5H2,1-2H3. The van der Waals surface area contributed by atoms with E-state index in [4.69, 9.17) is 4.98 Å². The van der Waals surface area contributed by atoms with Crippen molar-refractivity contribution in [2.75, 3.05) is 7.05 Å². The Morgan fingerprint density at radius 1 is 1.13 bits per heavy atom. The van der Waals surface area contributed by atoms with Crippen LogP contribution in [0.5, 0.6) is 0 Å². The van der Waals surface area contributed by atoms with Crippen LogP contribution in [0.2, 0.25) is 0 Å². The van der Waals surface area contributed by atoms with Crippen molar-refractivity contribution >= 4 is 37.3 Å². The SMILES string of the molecule is CNS(=O)(=O)c1ccc(C(C)NC2CCCc3nc(-c4ccc(Br)cc4)sc32)cc1. The van der Waals surface area contributed by atoms with Gasteiger partial charge in [0.15, 0.2) is 0 Å². The largest absolute Gasteiger partial charge is 0.303 e. The number of nitrogens with one attached hydrogen (secondary N) is 2. The molecule has 0 aliphatic heterocycles. The van der Waals surface area contributed by atoms with Crippen molar-refractivity contribution in [1.82, 2.24) is 15.0 Å². The number of benzene rings is 2. The monoisotopic (exact) mass is 505 g/mol. The lowest BCUT2D eigenvalue weighted by molar-refractivity contribution is 0.419. The summed E-state index contributed by atoms with van der Waals surface area (Å²) >= 11 is 5.26. The molecule has 8 heteroatoms. The maximum absolute atomic E-state index is 11.9. The molecule has 0 radical (unpaired) electrons. The molecule has 0 spiro atoms. The van der Waals surface area contributed by atoms with Crippen LogP contribution in [0, 0.1) is 0 Å². The number of aryl methyl sites for hydroxylation is 1. The number of thiazole rings is 1. The normalized spacial score (nSPS) is 17.5. The molecule has 30 heavy (non-hydrogen) atoms. The van der Waals surface area contributed by atoms with Crippen LogP contribution in [0.15, 0.2) is 57.9 Å². The van der Waals surface area contributed by atoms with E-state index in [1.807, 2.05) is 24.3 Å². The molecule has 1 aliphatic carbocycles. The highest BCUT2D eigenvalue weighted by Crippen LogP contribution is 2.39. The summed E-state index contributed by atoms with van der Waals surface area (Å²) in [5, 5.41) is 4.80. The molecule has 0 fully saturated rings. The Morgan fingerprint density at radius 2 is 1.83 bits per heavy atom. The Hall–Kier alpha value is -1.58. The van der Waals surface area contributed by atoms with E-state index in [-0.39, 0.29) is 17.0 Å². The highest BCUT2D eigenvalue weighted by atomic mass is 79.9. The van der Waals surface area contributed by atoms with Crippen LogP contribution >= 0.6 is 27.3 Å². The van der Waals surface area contributed by atoms with Crippen molar-refractivity contribution in [3.8, 4) is 10.6 Å². The van der Waals surface area contributed by atoms with Gasteiger partial charge in [0.05, 0.1) is 10.6 Å². The van der Waals surface area contributed by atoms with Gasteiger partial charge >= 0.3 is 0 Å². The fourth-order valence-electron chi connectivity index (χ4n) is 3.75. The average molecular weight is 506 g/mol. The van der Waals surface area contributed by atoms with E-state index in [0.29, 0.717) is 0 Å². The second-order valence-corrected chi connectivity index (χ2v) is 11.3. The van der Waals surface area contributed by atoms with Crippen LogP contribution in [-0.4, -0.2) is 20.4 Å². The lowest BCUT2D eigenvalue weighted by Gasteiger charge is -2.26. The van der Waals surface area contributed by atoms with Crippen LogP contribution < -0.4 is 10.0 Å². The molecule has 0 amide bonds. The first-order chi connectivity index (χ1) is 14.4. The number of hydrogen-bond donors (Lipinski definition) is 2. The lowest BCUT2D eigenvalue weighted by atomic mass is 9.96. The van der Waals surface area contributed by atoms with Gasteiger partial charge < -0.3 is 5.32 Å². The van der Waals surface area contributed by atoms with Crippen molar-refractivity contribution in [3.05, 3.63) is 69.1 Å². The summed E-state index contributed by atoms with van der Waals surface area (Å²) in [5.41, 5.74) is 3.41. The predicted molar refractivity (Wildman–Crippen MR) is 125 cm³/mol. The first-order valence-corrected chi connectivity index (χ1v) is 13.0. The van der Waals surface area contributed by atoms with Gasteiger partial charge in [-0.3, -0.25) is 0 Å². The molecule has 2 unspecified atom stereocenters. The van der Waals surface area contributed by atoms with Crippen LogP contribution in [0.3, 0.4) is 0 Å². The Kier molecular flexibility index (Phi) is 6.41. The third-order valence-corrected chi connectivity index (χ3v) is 8.67. The molecular formula is C22H24BrN3O2S2. The first kappa shape index (κ1) is 21.6. The summed E-state index contributed by atoms with van der Waals surface area (Å²) in [6.45, 7) is 2.12. The molecule has 3 aromatic rings. The van der Waals surface area contributed by atoms with Gasteiger partial charge in [0.25, 0.3) is 0 Å². The van der Waals surface area contributed by atoms with Crippen LogP contribution in [0.1, 0.15) is 48.0 Å². The molecule has 0 saturated heterocycles. The third kappa shape index (κ3) is 4.53. The van der Waals surface area contributed by atoms with Crippen molar-refractivity contribution in [3.63, 3.8) is 0 Å². The average Bonchev–Trinajstić information content (AvgIpc) is 3.19. The molecule has 0 bridgehead atoms. The van der Waals surface area contributed by atoms with Gasteiger partial charge in [-0.05, 0) is 63.1 Å². The zero-order valence-electron chi connectivity index (χ0n) is 16.9. The second kappa shape index (κ2) is 8.88. The maximum Gasteiger partial charge on any atom is 0.240 e. The fourth-order valence-corrected chi connectivity index (χ4v) is 5.95. The van der Waals surface area contributed by atoms with Crippen LogP contribution in [0.25, 0.3) is 10.6 Å². The number of rotatable bonds is 6. The maximum atomic E-state index is 11.9. The number of aromatic nitrogens is 1. The summed E-state index contributed by atoms with van der Waals surface area (Å²) in [7, 11) is -1.99. The molecule has 0 saturated carbocycles. The predicted octanol–water partition coefficient (Wildman–Crippen LogP) is 5.21. The van der Waals surface area contributed by atoms with Gasteiger partial charge in [0.2, 0.25) is 10.0 Å². The number of sulfonamides is 1. The van der Waals surface area contributed by atoms with Gasteiger partial charge in [0.1, 0.15) is 5.01 Å². The number of fused-ring (bicyclic) bond motifs is 1. The van der Waals surface area contributed by atoms with E-state index in [2.05, 4.69) is 45.0 Å². The molecule has 4 rings (SSSR count). The zero-order valence-corrected chi connectivity index (χ0v) is 20.1. The van der Waals surface area contributed by atoms with Gasteiger partial charge in [-0.15, -0.1) is 11.3 Å². The smallest absolute Gasteiger partial charge is 0.240 e. The van der Waals surface area contributed by atoms with Crippen LogP contribution in [-0.2, 0) is 16.4 Å². The zero-order chi connectivity index (χ0) is 21.3. The van der Waals surface area contributed by atoms with Gasteiger partial charge in [0, 0.05) is 27.0 Å². The molecule has 5 nitrogen and oxygen atoms in total. The van der Waals surface area contributed by atoms with E-state index in [0.717, 1.165) is 39.9 Å². The lowest BCUT2D eigenvalue weighted by Crippen LogP contribution is -2.27. The highest BCUT2D eigenvalue weighted by Gasteiger charge is 2.26. The molecule has 1 heterocycles. The van der Waals surface area contributed by atoms with Gasteiger partial charge in [-0.1, -0.05) is 40.2 Å². The Balaban J connectivity index is 1.53. The Morgan fingerprint density at radius 3 is 2.50 bits per heavy atom. The molecule has 1 aromatic heterocycles. The molecule has 2 atom stereocenters. The summed E-state index contributed by atoms with van der Waals surface area (Å²) in [5.74, 6) is 0. The van der Waals surface area contributed by atoms with E-state index >= 15 is 0 Å². The molecule has 2 aromatic carbocycles. The summed E-state index contributed by atoms with van der Waals surface area (Å²) in [6.07, 6.45) is 3.21. The third-order valence-electron chi connectivity index (χ3n) is 5.45. The summed E-state index contributed by atoms with van der Waals surface area (Å²) in [6, 6.07) is 15.7. The van der Waals surface area contributed by atoms with E-state index in [9.17, 15) is 8.42 Å². The minimum Gasteiger partial charge on any atom is -0.303 e. The fraction of sp³-hybridized carbons (Fsp3) is 0.318. The van der Waals surface area contributed by atoms with Crippen molar-refractivity contribution < 1.29 is 8.42 Å². The van der Waals surface area contributed by atoms with Crippen LogP contribution in [0.4, 0.5) is 0 Å². The molecule has 1 aliphatic rings. The van der Waals surface area contributed by atoms with Crippen molar-refractivity contribution in [1.29, 1.82) is 0 Å². The number of nitrogens with zero attached hydrogens (tertiary/aromatic N) is 1. The molecular weight excluding hydrogens is 482 g/mol. The minimum absolute atomic E-state index is 0.102. The van der Waals surface area contributed by atoms with E-state index in [1.54, 1.807) is 23.5 Å². The van der Waals surface area contributed by atoms with Gasteiger partial charge in [-0.25, -0.2) is 18.1 Å². The second-order valence-electron chi connectivity index (χ2n) is 7.45. The Bertz CT molecular complexity index is 1130. The summed E-state index contributed by atoms with van der Waals surface area (Å²) < 4.78 is 27.3.